The maximum Gasteiger partial charge on any atom is 0.136 e. The Morgan fingerprint density at radius 1 is 1.14 bits per heavy atom. The number of benzene rings is 1. The van der Waals surface area contributed by atoms with Crippen molar-refractivity contribution in [2.75, 3.05) is 0 Å². The average Bonchev–Trinajstić information content (AvgIpc) is 3.01. The first kappa shape index (κ1) is 13.9. The van der Waals surface area contributed by atoms with Crippen LogP contribution in [0.1, 0.15) is 12.6 Å². The van der Waals surface area contributed by atoms with Gasteiger partial charge in [0.15, 0.2) is 0 Å². The predicted octanol–water partition coefficient (Wildman–Crippen LogP) is 3.70. The van der Waals surface area contributed by atoms with Crippen LogP contribution < -0.4 is 0 Å². The van der Waals surface area contributed by atoms with Crippen LogP contribution in [0, 0.1) is 0 Å². The molecule has 3 rings (SSSR count). The third-order valence-corrected chi connectivity index (χ3v) is 4.04. The summed E-state index contributed by atoms with van der Waals surface area (Å²) in [5.74, 6) is 0. The summed E-state index contributed by atoms with van der Waals surface area (Å²) >= 11 is 6.47. The van der Waals surface area contributed by atoms with Crippen LogP contribution in [0.15, 0.2) is 36.7 Å². The molecule has 0 unspecified atom stereocenters. The van der Waals surface area contributed by atoms with E-state index < -0.39 is 0 Å². The minimum atomic E-state index is 0.646. The lowest BCUT2D eigenvalue weighted by Gasteiger charge is -2.07. The lowest BCUT2D eigenvalue weighted by Crippen LogP contribution is -1.94. The molecule has 0 amide bonds. The number of hydrogen-bond acceptors (Lipinski definition) is 2. The Hall–Kier alpha value is -2.07. The molecule has 21 heavy (non-hydrogen) atoms. The minimum Gasteiger partial charge on any atom is -0.333 e. The van der Waals surface area contributed by atoms with Crippen molar-refractivity contribution in [3.8, 4) is 22.5 Å². The summed E-state index contributed by atoms with van der Waals surface area (Å²) < 4.78 is 3.72. The van der Waals surface area contributed by atoms with Crippen LogP contribution in [0.4, 0.5) is 0 Å². The molecular formula is C16H17ClN4. The molecule has 0 aliphatic rings. The van der Waals surface area contributed by atoms with Crippen molar-refractivity contribution in [3.63, 3.8) is 0 Å². The average molecular weight is 301 g/mol. The maximum atomic E-state index is 6.47. The molecule has 0 radical (unpaired) electrons. The van der Waals surface area contributed by atoms with Crippen molar-refractivity contribution >= 4 is 11.6 Å². The number of rotatable bonds is 3. The number of imidazole rings is 1. The lowest BCUT2D eigenvalue weighted by molar-refractivity contribution is 0.747. The molecule has 108 valence electrons. The van der Waals surface area contributed by atoms with E-state index in [4.69, 9.17) is 11.6 Å². The largest absolute Gasteiger partial charge is 0.333 e. The highest BCUT2D eigenvalue weighted by atomic mass is 35.5. The van der Waals surface area contributed by atoms with Gasteiger partial charge < -0.3 is 4.57 Å². The van der Waals surface area contributed by atoms with Crippen molar-refractivity contribution in [3.05, 3.63) is 47.5 Å². The number of aromatic nitrogens is 4. The quantitative estimate of drug-likeness (QED) is 0.739. The molecule has 0 bridgehead atoms. The van der Waals surface area contributed by atoms with E-state index in [0.29, 0.717) is 5.15 Å². The highest BCUT2D eigenvalue weighted by molar-refractivity contribution is 6.32. The smallest absolute Gasteiger partial charge is 0.136 e. The standard InChI is InChI=1S/C16H17ClN4/c1-4-12-13(16(17)21(3)19-12)15-14(18-10-20(15)2)11-8-6-5-7-9-11/h5-10H,4H2,1-3H3. The summed E-state index contributed by atoms with van der Waals surface area (Å²) in [5.41, 5.74) is 4.98. The Kier molecular flexibility index (Phi) is 3.55. The summed E-state index contributed by atoms with van der Waals surface area (Å²) in [5, 5.41) is 5.15. The van der Waals surface area contributed by atoms with E-state index in [2.05, 4.69) is 29.1 Å². The summed E-state index contributed by atoms with van der Waals surface area (Å²) in [4.78, 5) is 4.56. The third kappa shape index (κ3) is 2.25. The summed E-state index contributed by atoms with van der Waals surface area (Å²) in [6.45, 7) is 2.08. The Morgan fingerprint density at radius 2 is 1.86 bits per heavy atom. The van der Waals surface area contributed by atoms with Gasteiger partial charge in [-0.1, -0.05) is 48.9 Å². The molecule has 0 N–H and O–H groups in total. The van der Waals surface area contributed by atoms with Gasteiger partial charge in [-0.25, -0.2) is 4.98 Å². The fraction of sp³-hybridized carbons (Fsp3) is 0.250. The monoisotopic (exact) mass is 300 g/mol. The minimum absolute atomic E-state index is 0.646. The normalized spacial score (nSPS) is 11.0. The van der Waals surface area contributed by atoms with Crippen molar-refractivity contribution < 1.29 is 0 Å². The van der Waals surface area contributed by atoms with E-state index in [0.717, 1.165) is 34.6 Å². The number of halogens is 1. The first-order valence-electron chi connectivity index (χ1n) is 6.92. The zero-order chi connectivity index (χ0) is 15.0. The molecule has 0 aliphatic heterocycles. The van der Waals surface area contributed by atoms with Crippen molar-refractivity contribution in [2.24, 2.45) is 14.1 Å². The van der Waals surface area contributed by atoms with Crippen LogP contribution in [0.25, 0.3) is 22.5 Å². The van der Waals surface area contributed by atoms with Gasteiger partial charge >= 0.3 is 0 Å². The maximum absolute atomic E-state index is 6.47. The van der Waals surface area contributed by atoms with E-state index in [1.54, 1.807) is 4.68 Å². The second kappa shape index (κ2) is 5.37. The van der Waals surface area contributed by atoms with Crippen molar-refractivity contribution in [1.29, 1.82) is 0 Å². The first-order chi connectivity index (χ1) is 10.1. The van der Waals surface area contributed by atoms with E-state index in [9.17, 15) is 0 Å². The topological polar surface area (TPSA) is 35.6 Å². The lowest BCUT2D eigenvalue weighted by atomic mass is 10.0. The Bertz CT molecular complexity index is 771. The van der Waals surface area contributed by atoms with Gasteiger partial charge in [-0.15, -0.1) is 0 Å². The fourth-order valence-corrected chi connectivity index (χ4v) is 2.81. The van der Waals surface area contributed by atoms with Crippen LogP contribution in [0.5, 0.6) is 0 Å². The van der Waals surface area contributed by atoms with Gasteiger partial charge in [0.05, 0.1) is 29.0 Å². The second-order valence-corrected chi connectivity index (χ2v) is 5.37. The third-order valence-electron chi connectivity index (χ3n) is 3.61. The van der Waals surface area contributed by atoms with Crippen molar-refractivity contribution in [1.82, 2.24) is 19.3 Å². The van der Waals surface area contributed by atoms with Gasteiger partial charge in [-0.2, -0.15) is 5.10 Å². The predicted molar refractivity (Wildman–Crippen MR) is 85.2 cm³/mol. The van der Waals surface area contributed by atoms with Crippen LogP contribution in [0.2, 0.25) is 5.15 Å². The molecule has 0 saturated carbocycles. The molecule has 3 aromatic rings. The first-order valence-corrected chi connectivity index (χ1v) is 7.29. The molecule has 0 fully saturated rings. The SMILES string of the molecule is CCc1nn(C)c(Cl)c1-c1c(-c2ccccc2)ncn1C. The van der Waals surface area contributed by atoms with E-state index in [1.165, 1.54) is 0 Å². The number of aryl methyl sites for hydroxylation is 3. The summed E-state index contributed by atoms with van der Waals surface area (Å²) in [6, 6.07) is 10.1. The zero-order valence-electron chi connectivity index (χ0n) is 12.3. The van der Waals surface area contributed by atoms with Crippen LogP contribution in [-0.4, -0.2) is 19.3 Å². The summed E-state index contributed by atoms with van der Waals surface area (Å²) in [6.07, 6.45) is 2.65. The second-order valence-electron chi connectivity index (χ2n) is 5.01. The Labute approximate surface area is 129 Å². The molecular weight excluding hydrogens is 284 g/mol. The van der Waals surface area contributed by atoms with E-state index in [1.807, 2.05) is 43.2 Å². The van der Waals surface area contributed by atoms with Gasteiger partial charge in [-0.05, 0) is 6.42 Å². The molecule has 4 nitrogen and oxygen atoms in total. The van der Waals surface area contributed by atoms with E-state index in [-0.39, 0.29) is 0 Å². The van der Waals surface area contributed by atoms with Crippen LogP contribution in [-0.2, 0) is 20.5 Å². The zero-order valence-corrected chi connectivity index (χ0v) is 13.1. The van der Waals surface area contributed by atoms with E-state index >= 15 is 0 Å². The summed E-state index contributed by atoms with van der Waals surface area (Å²) in [7, 11) is 3.85. The molecule has 0 atom stereocenters. The highest BCUT2D eigenvalue weighted by Gasteiger charge is 2.22. The van der Waals surface area contributed by atoms with Crippen LogP contribution in [0.3, 0.4) is 0 Å². The van der Waals surface area contributed by atoms with Gasteiger partial charge in [0, 0.05) is 19.7 Å². The fourth-order valence-electron chi connectivity index (χ4n) is 2.57. The molecule has 5 heteroatoms. The Balaban J connectivity index is 2.27. The number of hydrogen-bond donors (Lipinski definition) is 0. The van der Waals surface area contributed by atoms with Gasteiger partial charge in [0.1, 0.15) is 5.15 Å². The number of nitrogens with zero attached hydrogens (tertiary/aromatic N) is 4. The molecule has 2 heterocycles. The highest BCUT2D eigenvalue weighted by Crippen LogP contribution is 2.37. The van der Waals surface area contributed by atoms with Gasteiger partial charge in [0.25, 0.3) is 0 Å². The van der Waals surface area contributed by atoms with Crippen LogP contribution >= 0.6 is 11.6 Å². The Morgan fingerprint density at radius 3 is 2.52 bits per heavy atom. The van der Waals surface area contributed by atoms with Gasteiger partial charge in [0.2, 0.25) is 0 Å². The molecule has 0 spiro atoms. The molecule has 0 saturated heterocycles. The van der Waals surface area contributed by atoms with Crippen molar-refractivity contribution in [2.45, 2.75) is 13.3 Å². The molecule has 2 aromatic heterocycles. The molecule has 0 aliphatic carbocycles. The van der Waals surface area contributed by atoms with Gasteiger partial charge in [-0.3, -0.25) is 4.68 Å². The molecule has 1 aromatic carbocycles.